The quantitative estimate of drug-likeness (QED) is 0.772. The van der Waals surface area contributed by atoms with Crippen LogP contribution >= 0.6 is 11.8 Å². The highest BCUT2D eigenvalue weighted by Gasteiger charge is 2.12. The van der Waals surface area contributed by atoms with Gasteiger partial charge in [-0.3, -0.25) is 9.89 Å². The Labute approximate surface area is 119 Å². The van der Waals surface area contributed by atoms with Crippen LogP contribution in [-0.4, -0.2) is 41.1 Å². The Balaban J connectivity index is 2.25. The minimum absolute atomic E-state index is 0.136. The Bertz CT molecular complexity index is 614. The molecule has 0 saturated carbocycles. The molecule has 2 aromatic rings. The largest absolute Gasteiger partial charge is 0.497 e. The van der Waals surface area contributed by atoms with Gasteiger partial charge in [-0.2, -0.15) is 0 Å². The second-order valence-electron chi connectivity index (χ2n) is 3.79. The van der Waals surface area contributed by atoms with Crippen molar-refractivity contribution in [3.05, 3.63) is 18.2 Å². The Morgan fingerprint density at radius 1 is 1.40 bits per heavy atom. The first-order valence-corrected chi connectivity index (χ1v) is 6.68. The van der Waals surface area contributed by atoms with E-state index in [1.807, 2.05) is 6.07 Å². The number of hydrogen-bond donors (Lipinski definition) is 2. The molecular weight excluding hydrogens is 280 g/mol. The molecule has 7 nitrogen and oxygen atoms in total. The molecule has 20 heavy (non-hydrogen) atoms. The summed E-state index contributed by atoms with van der Waals surface area (Å²) in [6.07, 6.45) is 0. The number of hydrogen-bond acceptors (Lipinski definition) is 6. The van der Waals surface area contributed by atoms with E-state index in [2.05, 4.69) is 15.2 Å². The number of primary amides is 1. The second kappa shape index (κ2) is 6.29. The minimum atomic E-state index is -0.414. The summed E-state index contributed by atoms with van der Waals surface area (Å²) >= 11 is 1.17. The van der Waals surface area contributed by atoms with E-state index >= 15 is 0 Å². The summed E-state index contributed by atoms with van der Waals surface area (Å²) in [4.78, 5) is 15.0. The fraction of sp³-hybridized carbons (Fsp3) is 0.250. The van der Waals surface area contributed by atoms with Gasteiger partial charge in [-0.05, 0) is 12.1 Å². The molecule has 0 aliphatic heterocycles. The Morgan fingerprint density at radius 2 is 2.20 bits per heavy atom. The van der Waals surface area contributed by atoms with Gasteiger partial charge in [0, 0.05) is 6.07 Å². The number of H-pyrrole nitrogens is 1. The molecular formula is C12H14N4O3S. The van der Waals surface area contributed by atoms with Crippen LogP contribution in [0.5, 0.6) is 11.5 Å². The summed E-state index contributed by atoms with van der Waals surface area (Å²) in [7, 11) is 3.15. The Hall–Kier alpha value is -2.22. The Kier molecular flexibility index (Phi) is 4.46. The average Bonchev–Trinajstić information content (AvgIpc) is 2.93. The van der Waals surface area contributed by atoms with E-state index in [1.54, 1.807) is 26.4 Å². The number of carbonyl (C=O) groups is 1. The highest BCUT2D eigenvalue weighted by atomic mass is 32.2. The normalized spacial score (nSPS) is 10.3. The van der Waals surface area contributed by atoms with Gasteiger partial charge in [0.25, 0.3) is 0 Å². The molecule has 2 rings (SSSR count). The van der Waals surface area contributed by atoms with Crippen molar-refractivity contribution < 1.29 is 14.3 Å². The fourth-order valence-corrected chi connectivity index (χ4v) is 2.10. The van der Waals surface area contributed by atoms with Crippen molar-refractivity contribution in [3.63, 3.8) is 0 Å². The summed E-state index contributed by atoms with van der Waals surface area (Å²) < 4.78 is 10.4. The third-order valence-electron chi connectivity index (χ3n) is 2.47. The van der Waals surface area contributed by atoms with Crippen LogP contribution < -0.4 is 15.2 Å². The highest BCUT2D eigenvalue weighted by molar-refractivity contribution is 7.99. The molecule has 3 N–H and O–H groups in total. The van der Waals surface area contributed by atoms with Gasteiger partial charge in [0.15, 0.2) is 5.82 Å². The SMILES string of the molecule is COc1ccc(-c2nc(SCC(N)=O)n[nH]2)c(OC)c1. The first-order chi connectivity index (χ1) is 9.63. The number of carbonyl (C=O) groups excluding carboxylic acids is 1. The van der Waals surface area contributed by atoms with Crippen LogP contribution in [0.4, 0.5) is 0 Å². The molecule has 0 saturated heterocycles. The minimum Gasteiger partial charge on any atom is -0.497 e. The van der Waals surface area contributed by atoms with E-state index < -0.39 is 5.91 Å². The number of aromatic nitrogens is 3. The molecule has 1 heterocycles. The van der Waals surface area contributed by atoms with Crippen LogP contribution in [0, 0.1) is 0 Å². The van der Waals surface area contributed by atoms with Crippen LogP contribution in [0.1, 0.15) is 0 Å². The van der Waals surface area contributed by atoms with Crippen LogP contribution in [0.3, 0.4) is 0 Å². The lowest BCUT2D eigenvalue weighted by atomic mass is 10.2. The molecule has 0 bridgehead atoms. The molecule has 0 aliphatic carbocycles. The summed E-state index contributed by atoms with van der Waals surface area (Å²) in [5.74, 6) is 1.58. The topological polar surface area (TPSA) is 103 Å². The van der Waals surface area contributed by atoms with Crippen molar-refractivity contribution in [1.82, 2.24) is 15.2 Å². The molecule has 8 heteroatoms. The molecule has 0 aliphatic rings. The molecule has 0 atom stereocenters. The fourth-order valence-electron chi connectivity index (χ4n) is 1.56. The third kappa shape index (κ3) is 3.21. The summed E-state index contributed by atoms with van der Waals surface area (Å²) in [6, 6.07) is 5.38. The van der Waals surface area contributed by atoms with Gasteiger partial charge in [0.1, 0.15) is 11.5 Å². The smallest absolute Gasteiger partial charge is 0.227 e. The highest BCUT2D eigenvalue weighted by Crippen LogP contribution is 2.31. The number of aromatic amines is 1. The number of methoxy groups -OCH3 is 2. The van der Waals surface area contributed by atoms with E-state index in [0.717, 1.165) is 5.56 Å². The van der Waals surface area contributed by atoms with Gasteiger partial charge in [-0.25, -0.2) is 4.98 Å². The van der Waals surface area contributed by atoms with E-state index in [4.69, 9.17) is 15.2 Å². The van der Waals surface area contributed by atoms with Crippen LogP contribution in [0.15, 0.2) is 23.4 Å². The second-order valence-corrected chi connectivity index (χ2v) is 4.73. The number of nitrogens with zero attached hydrogens (tertiary/aromatic N) is 2. The van der Waals surface area contributed by atoms with E-state index in [0.29, 0.717) is 22.5 Å². The van der Waals surface area contributed by atoms with Crippen molar-refractivity contribution in [2.45, 2.75) is 5.16 Å². The standard InChI is InChI=1S/C12H14N4O3S/c1-18-7-3-4-8(9(5-7)19-2)11-14-12(16-15-11)20-6-10(13)17/h3-5H,6H2,1-2H3,(H2,13,17)(H,14,15,16). The lowest BCUT2D eigenvalue weighted by Crippen LogP contribution is -2.13. The van der Waals surface area contributed by atoms with Gasteiger partial charge in [-0.1, -0.05) is 11.8 Å². The van der Waals surface area contributed by atoms with Crippen LogP contribution in [-0.2, 0) is 4.79 Å². The summed E-state index contributed by atoms with van der Waals surface area (Å²) in [6.45, 7) is 0. The lowest BCUT2D eigenvalue weighted by molar-refractivity contribution is -0.115. The van der Waals surface area contributed by atoms with Gasteiger partial charge in [0.05, 0.1) is 25.5 Å². The molecule has 106 valence electrons. The zero-order chi connectivity index (χ0) is 14.5. The summed E-state index contributed by atoms with van der Waals surface area (Å²) in [5.41, 5.74) is 5.83. The predicted molar refractivity (Wildman–Crippen MR) is 74.8 cm³/mol. The number of amides is 1. The van der Waals surface area contributed by atoms with Crippen molar-refractivity contribution in [1.29, 1.82) is 0 Å². The van der Waals surface area contributed by atoms with E-state index in [-0.39, 0.29) is 5.75 Å². The maximum atomic E-state index is 10.7. The van der Waals surface area contributed by atoms with Crippen molar-refractivity contribution in [2.24, 2.45) is 5.73 Å². The molecule has 0 radical (unpaired) electrons. The van der Waals surface area contributed by atoms with Gasteiger partial charge in [0.2, 0.25) is 11.1 Å². The Morgan fingerprint density at radius 3 is 2.85 bits per heavy atom. The van der Waals surface area contributed by atoms with Crippen molar-refractivity contribution >= 4 is 17.7 Å². The molecule has 0 unspecified atom stereocenters. The number of benzene rings is 1. The van der Waals surface area contributed by atoms with Gasteiger partial charge in [-0.15, -0.1) is 5.10 Å². The maximum absolute atomic E-state index is 10.7. The van der Waals surface area contributed by atoms with E-state index in [9.17, 15) is 4.79 Å². The molecule has 1 aromatic carbocycles. The number of nitrogens with two attached hydrogens (primary N) is 1. The first kappa shape index (κ1) is 14.2. The van der Waals surface area contributed by atoms with Gasteiger partial charge >= 0.3 is 0 Å². The average molecular weight is 294 g/mol. The number of rotatable bonds is 6. The zero-order valence-electron chi connectivity index (χ0n) is 11.0. The van der Waals surface area contributed by atoms with Gasteiger partial charge < -0.3 is 15.2 Å². The van der Waals surface area contributed by atoms with E-state index in [1.165, 1.54) is 11.8 Å². The third-order valence-corrected chi connectivity index (χ3v) is 3.34. The molecule has 1 amide bonds. The van der Waals surface area contributed by atoms with Crippen molar-refractivity contribution in [3.8, 4) is 22.9 Å². The van der Waals surface area contributed by atoms with Crippen LogP contribution in [0.25, 0.3) is 11.4 Å². The summed E-state index contributed by atoms with van der Waals surface area (Å²) in [5, 5.41) is 7.27. The molecule has 1 aromatic heterocycles. The molecule has 0 fully saturated rings. The number of nitrogens with one attached hydrogen (secondary N) is 1. The zero-order valence-corrected chi connectivity index (χ0v) is 11.9. The first-order valence-electron chi connectivity index (χ1n) is 5.70. The number of ether oxygens (including phenoxy) is 2. The monoisotopic (exact) mass is 294 g/mol. The predicted octanol–water partition coefficient (Wildman–Crippen LogP) is 1.07. The maximum Gasteiger partial charge on any atom is 0.227 e. The van der Waals surface area contributed by atoms with Crippen LogP contribution in [0.2, 0.25) is 0 Å². The molecule has 0 spiro atoms. The number of thioether (sulfide) groups is 1. The lowest BCUT2D eigenvalue weighted by Gasteiger charge is -2.07. The van der Waals surface area contributed by atoms with Crippen molar-refractivity contribution in [2.75, 3.05) is 20.0 Å².